The molecule has 5 nitrogen and oxygen atoms in total. The molecule has 1 fully saturated rings. The first-order valence-corrected chi connectivity index (χ1v) is 9.05. The first kappa shape index (κ1) is 18.2. The van der Waals surface area contributed by atoms with Crippen LogP contribution in [0.5, 0.6) is 5.75 Å². The number of anilines is 1. The Morgan fingerprint density at radius 3 is 2.50 bits per heavy atom. The maximum atomic E-state index is 12.5. The van der Waals surface area contributed by atoms with Gasteiger partial charge in [-0.3, -0.25) is 4.79 Å². The Labute approximate surface area is 161 Å². The Morgan fingerprint density at radius 2 is 1.85 bits per heavy atom. The molecule has 2 aromatic rings. The van der Waals surface area contributed by atoms with E-state index in [2.05, 4.69) is 5.10 Å². The van der Waals surface area contributed by atoms with E-state index in [-0.39, 0.29) is 11.7 Å². The van der Waals surface area contributed by atoms with Crippen molar-refractivity contribution in [3.05, 3.63) is 64.6 Å². The van der Waals surface area contributed by atoms with Crippen LogP contribution in [-0.2, 0) is 4.79 Å². The van der Waals surface area contributed by atoms with Gasteiger partial charge in [-0.25, -0.2) is 0 Å². The molecule has 1 aliphatic rings. The molecule has 0 bridgehead atoms. The van der Waals surface area contributed by atoms with E-state index >= 15 is 0 Å². The summed E-state index contributed by atoms with van der Waals surface area (Å²) < 4.78 is 0.359. The monoisotopic (exact) mass is 383 g/mol. The average molecular weight is 383 g/mol. The lowest BCUT2D eigenvalue weighted by molar-refractivity contribution is -0.122. The molecule has 7 heteroatoms. The van der Waals surface area contributed by atoms with Crippen LogP contribution in [0.1, 0.15) is 11.1 Å². The van der Waals surface area contributed by atoms with Crippen LogP contribution in [0.3, 0.4) is 0 Å². The topological polar surface area (TPSA) is 56.1 Å². The van der Waals surface area contributed by atoms with Crippen molar-refractivity contribution in [2.45, 2.75) is 0 Å². The first-order chi connectivity index (χ1) is 12.5. The molecule has 0 unspecified atom stereocenters. The summed E-state index contributed by atoms with van der Waals surface area (Å²) in [6.07, 6.45) is 3.23. The van der Waals surface area contributed by atoms with Gasteiger partial charge < -0.3 is 10.0 Å². The van der Waals surface area contributed by atoms with Gasteiger partial charge in [-0.1, -0.05) is 42.1 Å². The van der Waals surface area contributed by atoms with Gasteiger partial charge in [0.05, 0.1) is 11.1 Å². The summed E-state index contributed by atoms with van der Waals surface area (Å²) in [5, 5.41) is 15.3. The standard InChI is InChI=1S/C19H17N3O2S2/c1-21(2)15-9-7-13(8-10-15)12-20-22-18(24)17(26-19(22)25)11-14-5-3-4-6-16(14)23/h3-12,23H,1-2H3. The van der Waals surface area contributed by atoms with Crippen LogP contribution >= 0.6 is 24.0 Å². The zero-order valence-corrected chi connectivity index (χ0v) is 15.9. The number of hydrogen-bond donors (Lipinski definition) is 1. The van der Waals surface area contributed by atoms with Crippen LogP contribution in [0.2, 0.25) is 0 Å². The van der Waals surface area contributed by atoms with Crippen molar-refractivity contribution >= 4 is 52.2 Å². The Bertz CT molecular complexity index is 905. The van der Waals surface area contributed by atoms with E-state index < -0.39 is 0 Å². The van der Waals surface area contributed by atoms with E-state index in [4.69, 9.17) is 12.2 Å². The van der Waals surface area contributed by atoms with E-state index in [1.807, 2.05) is 43.3 Å². The minimum absolute atomic E-state index is 0.113. The van der Waals surface area contributed by atoms with Crippen LogP contribution in [0.25, 0.3) is 6.08 Å². The summed E-state index contributed by atoms with van der Waals surface area (Å²) in [5.74, 6) is -0.188. The number of nitrogens with zero attached hydrogens (tertiary/aromatic N) is 3. The molecule has 2 aromatic carbocycles. The lowest BCUT2D eigenvalue weighted by Gasteiger charge is -2.12. The van der Waals surface area contributed by atoms with Crippen molar-refractivity contribution in [2.75, 3.05) is 19.0 Å². The second-order valence-corrected chi connectivity index (χ2v) is 7.46. The molecule has 3 rings (SSSR count). The molecule has 0 radical (unpaired) electrons. The highest BCUT2D eigenvalue weighted by Crippen LogP contribution is 2.34. The largest absolute Gasteiger partial charge is 0.507 e. The fourth-order valence-electron chi connectivity index (χ4n) is 2.29. The highest BCUT2D eigenvalue weighted by molar-refractivity contribution is 8.26. The molecular formula is C19H17N3O2S2. The van der Waals surface area contributed by atoms with Gasteiger partial charge in [0, 0.05) is 25.3 Å². The van der Waals surface area contributed by atoms with Crippen molar-refractivity contribution < 1.29 is 9.90 Å². The predicted octanol–water partition coefficient (Wildman–Crippen LogP) is 3.69. The third kappa shape index (κ3) is 3.95. The number of carbonyl (C=O) groups excluding carboxylic acids is 1. The van der Waals surface area contributed by atoms with E-state index in [1.165, 1.54) is 5.01 Å². The quantitative estimate of drug-likeness (QED) is 0.496. The minimum Gasteiger partial charge on any atom is -0.507 e. The Hall–Kier alpha value is -2.64. The molecule has 26 heavy (non-hydrogen) atoms. The molecule has 1 aliphatic heterocycles. The van der Waals surface area contributed by atoms with E-state index in [1.54, 1.807) is 36.6 Å². The minimum atomic E-state index is -0.301. The normalized spacial score (nSPS) is 16.1. The zero-order valence-electron chi connectivity index (χ0n) is 14.3. The number of rotatable bonds is 4. The molecule has 1 heterocycles. The van der Waals surface area contributed by atoms with Gasteiger partial charge in [-0.05, 0) is 42.1 Å². The number of thiocarbonyl (C=S) groups is 1. The van der Waals surface area contributed by atoms with Crippen molar-refractivity contribution in [3.63, 3.8) is 0 Å². The van der Waals surface area contributed by atoms with Gasteiger partial charge in [-0.2, -0.15) is 10.1 Å². The summed E-state index contributed by atoms with van der Waals surface area (Å²) in [5.41, 5.74) is 2.52. The van der Waals surface area contributed by atoms with Gasteiger partial charge >= 0.3 is 0 Å². The highest BCUT2D eigenvalue weighted by Gasteiger charge is 2.32. The van der Waals surface area contributed by atoms with Crippen molar-refractivity contribution in [3.8, 4) is 5.75 Å². The summed E-state index contributed by atoms with van der Waals surface area (Å²) in [6, 6.07) is 14.6. The number of benzene rings is 2. The number of phenols is 1. The number of thioether (sulfide) groups is 1. The van der Waals surface area contributed by atoms with Crippen LogP contribution in [-0.4, -0.2) is 40.7 Å². The van der Waals surface area contributed by atoms with Gasteiger partial charge in [0.15, 0.2) is 4.32 Å². The van der Waals surface area contributed by atoms with Gasteiger partial charge in [0.1, 0.15) is 5.75 Å². The van der Waals surface area contributed by atoms with Crippen molar-refractivity contribution in [2.24, 2.45) is 5.10 Å². The van der Waals surface area contributed by atoms with Gasteiger partial charge in [-0.15, -0.1) is 0 Å². The van der Waals surface area contributed by atoms with Crippen LogP contribution in [0.15, 0.2) is 58.5 Å². The van der Waals surface area contributed by atoms with Crippen molar-refractivity contribution in [1.82, 2.24) is 5.01 Å². The lowest BCUT2D eigenvalue weighted by atomic mass is 10.2. The van der Waals surface area contributed by atoms with E-state index in [9.17, 15) is 9.90 Å². The molecule has 0 aliphatic carbocycles. The zero-order chi connectivity index (χ0) is 18.7. The molecule has 132 valence electrons. The molecule has 1 amide bonds. The van der Waals surface area contributed by atoms with Crippen LogP contribution < -0.4 is 4.90 Å². The fraction of sp³-hybridized carbons (Fsp3) is 0.105. The SMILES string of the molecule is CN(C)c1ccc(C=NN2C(=O)C(=Cc3ccccc3O)SC2=S)cc1. The molecule has 1 saturated heterocycles. The molecule has 0 saturated carbocycles. The Morgan fingerprint density at radius 1 is 1.15 bits per heavy atom. The third-order valence-electron chi connectivity index (χ3n) is 3.73. The molecule has 0 spiro atoms. The number of hydrogen-bond acceptors (Lipinski definition) is 6. The molecule has 1 N–H and O–H groups in total. The molecular weight excluding hydrogens is 366 g/mol. The van der Waals surface area contributed by atoms with E-state index in [0.29, 0.717) is 14.8 Å². The van der Waals surface area contributed by atoms with E-state index in [0.717, 1.165) is 23.0 Å². The smallest absolute Gasteiger partial charge is 0.286 e. The van der Waals surface area contributed by atoms with Crippen LogP contribution in [0.4, 0.5) is 5.69 Å². The maximum Gasteiger partial charge on any atom is 0.286 e. The Kier molecular flexibility index (Phi) is 5.39. The molecule has 0 atom stereocenters. The number of aromatic hydroxyl groups is 1. The average Bonchev–Trinajstić information content (AvgIpc) is 2.89. The summed E-state index contributed by atoms with van der Waals surface area (Å²) in [6.45, 7) is 0. The first-order valence-electron chi connectivity index (χ1n) is 7.83. The highest BCUT2D eigenvalue weighted by atomic mass is 32.2. The second-order valence-electron chi connectivity index (χ2n) is 5.78. The number of hydrazone groups is 1. The molecule has 0 aromatic heterocycles. The maximum absolute atomic E-state index is 12.5. The third-order valence-corrected chi connectivity index (χ3v) is 5.01. The fourth-order valence-corrected chi connectivity index (χ4v) is 3.46. The van der Waals surface area contributed by atoms with Crippen molar-refractivity contribution in [1.29, 1.82) is 0 Å². The summed E-state index contributed by atoms with van der Waals surface area (Å²) >= 11 is 6.42. The Balaban J connectivity index is 1.78. The second kappa shape index (κ2) is 7.72. The predicted molar refractivity (Wildman–Crippen MR) is 111 cm³/mol. The summed E-state index contributed by atoms with van der Waals surface area (Å²) in [7, 11) is 3.94. The summed E-state index contributed by atoms with van der Waals surface area (Å²) in [4.78, 5) is 15.0. The number of para-hydroxylation sites is 1. The lowest BCUT2D eigenvalue weighted by Crippen LogP contribution is -2.22. The number of amides is 1. The van der Waals surface area contributed by atoms with Crippen LogP contribution in [0, 0.1) is 0 Å². The number of phenolic OH excluding ortho intramolecular Hbond substituents is 1. The van der Waals surface area contributed by atoms with Gasteiger partial charge in [0.2, 0.25) is 0 Å². The van der Waals surface area contributed by atoms with Gasteiger partial charge in [0.25, 0.3) is 5.91 Å². The number of carbonyl (C=O) groups is 1.